The third-order valence-electron chi connectivity index (χ3n) is 2.82. The second kappa shape index (κ2) is 4.96. The molecule has 1 aromatic carbocycles. The fourth-order valence-electron chi connectivity index (χ4n) is 1.87. The molecule has 0 aliphatic carbocycles. The van der Waals surface area contributed by atoms with Gasteiger partial charge in [-0.25, -0.2) is 0 Å². The van der Waals surface area contributed by atoms with E-state index in [1.165, 1.54) is 0 Å². The highest BCUT2D eigenvalue weighted by atomic mass is 35.5. The fraction of sp³-hybridized carbons (Fsp3) is 0.462. The van der Waals surface area contributed by atoms with Crippen LogP contribution in [0.5, 0.6) is 5.75 Å². The minimum atomic E-state index is 0.0000617. The molecule has 1 aliphatic rings. The Kier molecular flexibility index (Phi) is 3.57. The zero-order valence-electron chi connectivity index (χ0n) is 10.1. The summed E-state index contributed by atoms with van der Waals surface area (Å²) in [4.78, 5) is 13.7. The van der Waals surface area contributed by atoms with Crippen molar-refractivity contribution in [2.75, 3.05) is 23.9 Å². The number of fused-ring (bicyclic) bond motifs is 1. The van der Waals surface area contributed by atoms with Crippen molar-refractivity contribution in [1.29, 1.82) is 0 Å². The normalized spacial score (nSPS) is 16.4. The standard InChI is InChI=1S/C13H16ClNO2/c1-9-3-4-12-11(5-9)15(7-10(2)6-14)13(16)8-17-12/h3-5,10H,6-8H2,1-2H3. The average molecular weight is 254 g/mol. The number of alkyl halides is 1. The van der Waals surface area contributed by atoms with Crippen LogP contribution in [0.2, 0.25) is 0 Å². The number of carbonyl (C=O) groups excluding carboxylic acids is 1. The number of hydrogen-bond donors (Lipinski definition) is 0. The Labute approximate surface area is 106 Å². The van der Waals surface area contributed by atoms with Crippen LogP contribution in [0.4, 0.5) is 5.69 Å². The molecular formula is C13H16ClNO2. The average Bonchev–Trinajstić information content (AvgIpc) is 2.32. The molecule has 0 saturated carbocycles. The molecule has 3 nitrogen and oxygen atoms in total. The Morgan fingerprint density at radius 2 is 2.29 bits per heavy atom. The molecule has 0 aromatic heterocycles. The zero-order chi connectivity index (χ0) is 12.4. The summed E-state index contributed by atoms with van der Waals surface area (Å²) in [5.74, 6) is 1.59. The van der Waals surface area contributed by atoms with Crippen LogP contribution in [0, 0.1) is 12.8 Å². The van der Waals surface area contributed by atoms with E-state index in [9.17, 15) is 4.79 Å². The molecular weight excluding hydrogens is 238 g/mol. The highest BCUT2D eigenvalue weighted by Gasteiger charge is 2.26. The fourth-order valence-corrected chi connectivity index (χ4v) is 1.97. The number of halogens is 1. The van der Waals surface area contributed by atoms with Gasteiger partial charge in [0.15, 0.2) is 6.61 Å². The first-order valence-corrected chi connectivity index (χ1v) is 6.25. The van der Waals surface area contributed by atoms with Gasteiger partial charge in [-0.05, 0) is 30.5 Å². The number of benzene rings is 1. The highest BCUT2D eigenvalue weighted by molar-refractivity contribution is 6.18. The lowest BCUT2D eigenvalue weighted by atomic mass is 10.1. The van der Waals surface area contributed by atoms with E-state index in [0.717, 1.165) is 17.0 Å². The predicted octanol–water partition coefficient (Wildman–Crippen LogP) is 2.60. The van der Waals surface area contributed by atoms with E-state index in [1.807, 2.05) is 32.0 Å². The molecule has 1 amide bonds. The first-order chi connectivity index (χ1) is 8.11. The summed E-state index contributed by atoms with van der Waals surface area (Å²) in [6.07, 6.45) is 0. The lowest BCUT2D eigenvalue weighted by molar-refractivity contribution is -0.121. The van der Waals surface area contributed by atoms with E-state index in [1.54, 1.807) is 4.90 Å². The number of nitrogens with zero attached hydrogens (tertiary/aromatic N) is 1. The van der Waals surface area contributed by atoms with Crippen molar-refractivity contribution in [3.8, 4) is 5.75 Å². The second-order valence-electron chi connectivity index (χ2n) is 4.52. The second-order valence-corrected chi connectivity index (χ2v) is 4.83. The maximum atomic E-state index is 11.9. The van der Waals surface area contributed by atoms with E-state index in [4.69, 9.17) is 16.3 Å². The molecule has 0 saturated heterocycles. The van der Waals surface area contributed by atoms with Crippen LogP contribution in [0.25, 0.3) is 0 Å². The van der Waals surface area contributed by atoms with Crippen LogP contribution in [-0.4, -0.2) is 24.9 Å². The predicted molar refractivity (Wildman–Crippen MR) is 68.9 cm³/mol. The maximum absolute atomic E-state index is 11.9. The van der Waals surface area contributed by atoms with Gasteiger partial charge >= 0.3 is 0 Å². The topological polar surface area (TPSA) is 29.5 Å². The number of hydrogen-bond acceptors (Lipinski definition) is 2. The first kappa shape index (κ1) is 12.2. The number of ether oxygens (including phenoxy) is 1. The molecule has 1 aromatic rings. The van der Waals surface area contributed by atoms with E-state index in [-0.39, 0.29) is 18.4 Å². The SMILES string of the molecule is Cc1ccc2c(c1)N(CC(C)CCl)C(=O)CO2. The van der Waals surface area contributed by atoms with Crippen LogP contribution in [-0.2, 0) is 4.79 Å². The van der Waals surface area contributed by atoms with E-state index in [2.05, 4.69) is 0 Å². The van der Waals surface area contributed by atoms with Crippen LogP contribution in [0.3, 0.4) is 0 Å². The van der Waals surface area contributed by atoms with Gasteiger partial charge in [0.2, 0.25) is 0 Å². The van der Waals surface area contributed by atoms with Gasteiger partial charge in [0.05, 0.1) is 5.69 Å². The Bertz CT molecular complexity index is 433. The van der Waals surface area contributed by atoms with Crippen LogP contribution in [0.15, 0.2) is 18.2 Å². The minimum absolute atomic E-state index is 0.0000617. The third-order valence-corrected chi connectivity index (χ3v) is 3.34. The van der Waals surface area contributed by atoms with Gasteiger partial charge in [0.25, 0.3) is 5.91 Å². The molecule has 0 fully saturated rings. The van der Waals surface area contributed by atoms with E-state index in [0.29, 0.717) is 12.4 Å². The quantitative estimate of drug-likeness (QED) is 0.775. The summed E-state index contributed by atoms with van der Waals surface area (Å²) < 4.78 is 5.41. The summed E-state index contributed by atoms with van der Waals surface area (Å²) in [6, 6.07) is 5.88. The van der Waals surface area contributed by atoms with Gasteiger partial charge in [-0.3, -0.25) is 4.79 Å². The molecule has 17 heavy (non-hydrogen) atoms. The molecule has 4 heteroatoms. The molecule has 1 aliphatic heterocycles. The third kappa shape index (κ3) is 2.55. The Hall–Kier alpha value is -1.22. The summed E-state index contributed by atoms with van der Waals surface area (Å²) in [7, 11) is 0. The van der Waals surface area contributed by atoms with Crippen molar-refractivity contribution >= 4 is 23.2 Å². The molecule has 1 heterocycles. The number of amides is 1. The maximum Gasteiger partial charge on any atom is 0.265 e. The molecule has 92 valence electrons. The largest absolute Gasteiger partial charge is 0.482 e. The highest BCUT2D eigenvalue weighted by Crippen LogP contribution is 2.33. The van der Waals surface area contributed by atoms with Gasteiger partial charge < -0.3 is 9.64 Å². The van der Waals surface area contributed by atoms with Gasteiger partial charge in [0, 0.05) is 12.4 Å². The van der Waals surface area contributed by atoms with Gasteiger partial charge in [0.1, 0.15) is 5.75 Å². The summed E-state index contributed by atoms with van der Waals surface area (Å²) in [5, 5.41) is 0. The van der Waals surface area contributed by atoms with Crippen molar-refractivity contribution < 1.29 is 9.53 Å². The molecule has 0 spiro atoms. The molecule has 0 radical (unpaired) electrons. The molecule has 0 N–H and O–H groups in total. The van der Waals surface area contributed by atoms with E-state index < -0.39 is 0 Å². The van der Waals surface area contributed by atoms with Gasteiger partial charge in [-0.1, -0.05) is 13.0 Å². The molecule has 1 unspecified atom stereocenters. The summed E-state index contributed by atoms with van der Waals surface area (Å²) >= 11 is 5.81. The minimum Gasteiger partial charge on any atom is -0.482 e. The Balaban J connectivity index is 2.32. The Morgan fingerprint density at radius 3 is 3.00 bits per heavy atom. The van der Waals surface area contributed by atoms with Crippen molar-refractivity contribution in [3.05, 3.63) is 23.8 Å². The van der Waals surface area contributed by atoms with Crippen molar-refractivity contribution in [3.63, 3.8) is 0 Å². The number of rotatable bonds is 3. The van der Waals surface area contributed by atoms with Gasteiger partial charge in [-0.2, -0.15) is 0 Å². The first-order valence-electron chi connectivity index (χ1n) is 5.71. The smallest absolute Gasteiger partial charge is 0.265 e. The van der Waals surface area contributed by atoms with Crippen LogP contribution < -0.4 is 9.64 Å². The van der Waals surface area contributed by atoms with Crippen LogP contribution in [0.1, 0.15) is 12.5 Å². The van der Waals surface area contributed by atoms with Gasteiger partial charge in [-0.15, -0.1) is 11.6 Å². The monoisotopic (exact) mass is 253 g/mol. The van der Waals surface area contributed by atoms with E-state index >= 15 is 0 Å². The van der Waals surface area contributed by atoms with Crippen molar-refractivity contribution in [2.24, 2.45) is 5.92 Å². The number of carbonyl (C=O) groups is 1. The molecule has 2 rings (SSSR count). The number of anilines is 1. The lowest BCUT2D eigenvalue weighted by Gasteiger charge is -2.31. The molecule has 1 atom stereocenters. The summed E-state index contributed by atoms with van der Waals surface area (Å²) in [5.41, 5.74) is 1.98. The van der Waals surface area contributed by atoms with Crippen molar-refractivity contribution in [1.82, 2.24) is 0 Å². The lowest BCUT2D eigenvalue weighted by Crippen LogP contribution is -2.41. The zero-order valence-corrected chi connectivity index (χ0v) is 10.8. The number of aryl methyl sites for hydroxylation is 1. The van der Waals surface area contributed by atoms with Crippen LogP contribution >= 0.6 is 11.6 Å². The Morgan fingerprint density at radius 1 is 1.53 bits per heavy atom. The summed E-state index contributed by atoms with van der Waals surface area (Å²) in [6.45, 7) is 4.79. The molecule has 0 bridgehead atoms. The van der Waals surface area contributed by atoms with Crippen molar-refractivity contribution in [2.45, 2.75) is 13.8 Å².